The first-order chi connectivity index (χ1) is 14.9. The van der Waals surface area contributed by atoms with Crippen molar-refractivity contribution in [3.63, 3.8) is 0 Å². The Bertz CT molecular complexity index is 1320. The normalized spacial score (nSPS) is 10.9. The van der Waals surface area contributed by atoms with Gasteiger partial charge in [-0.1, -0.05) is 42.5 Å². The monoisotopic (exact) mass is 416 g/mol. The Labute approximate surface area is 177 Å². The van der Waals surface area contributed by atoms with Gasteiger partial charge in [-0.3, -0.25) is 9.59 Å². The van der Waals surface area contributed by atoms with E-state index in [9.17, 15) is 14.4 Å². The fraction of sp³-hybridized carbons (Fsp3) is 0.125. The number of benzene rings is 2. The number of pyridine rings is 1. The Morgan fingerprint density at radius 2 is 1.74 bits per heavy atom. The molecule has 4 rings (SSSR count). The van der Waals surface area contributed by atoms with Crippen LogP contribution in [0.15, 0.2) is 76.1 Å². The molecule has 7 heteroatoms. The van der Waals surface area contributed by atoms with Crippen LogP contribution >= 0.6 is 0 Å². The molecule has 0 aliphatic rings. The number of carbonyl (C=O) groups excluding carboxylic acids is 1. The van der Waals surface area contributed by atoms with Gasteiger partial charge in [-0.05, 0) is 23.3 Å². The van der Waals surface area contributed by atoms with Crippen molar-refractivity contribution in [2.45, 2.75) is 13.0 Å². The summed E-state index contributed by atoms with van der Waals surface area (Å²) in [6.07, 6.45) is 2.01. The largest absolute Gasteiger partial charge is 0.478 e. The van der Waals surface area contributed by atoms with E-state index in [0.717, 1.165) is 11.1 Å². The Kier molecular flexibility index (Phi) is 5.41. The lowest BCUT2D eigenvalue weighted by Gasteiger charge is -2.06. The number of carboxylic acids is 1. The van der Waals surface area contributed by atoms with Gasteiger partial charge in [0.1, 0.15) is 0 Å². The molecule has 0 aliphatic carbocycles. The molecule has 0 atom stereocenters. The van der Waals surface area contributed by atoms with Gasteiger partial charge in [0.2, 0.25) is 5.71 Å². The zero-order valence-corrected chi connectivity index (χ0v) is 16.8. The highest BCUT2D eigenvalue weighted by Gasteiger charge is 2.17. The van der Waals surface area contributed by atoms with Crippen LogP contribution in [0.4, 0.5) is 0 Å². The van der Waals surface area contributed by atoms with E-state index in [2.05, 4.69) is 5.32 Å². The van der Waals surface area contributed by atoms with E-state index in [1.807, 2.05) is 30.3 Å². The summed E-state index contributed by atoms with van der Waals surface area (Å²) >= 11 is 0. The predicted octanol–water partition coefficient (Wildman–Crippen LogP) is 3.35. The molecule has 0 unspecified atom stereocenters. The molecule has 2 heterocycles. The number of rotatable bonds is 6. The van der Waals surface area contributed by atoms with Crippen LogP contribution in [0.25, 0.3) is 11.1 Å². The number of nitrogens with one attached hydrogen (secondary N) is 1. The number of carbonyl (C=O) groups is 2. The molecule has 0 saturated heterocycles. The standard InChI is InChI=1S/C24H20N2O5/c1-26-14-18(11-15-7-9-17(10-8-15)24(29)30)21(27)19-12-20(31-23(19)26)22(28)25-13-16-5-3-2-4-6-16/h2-10,12,14H,11,13H2,1H3,(H,25,28)(H,29,30). The summed E-state index contributed by atoms with van der Waals surface area (Å²) in [5, 5.41) is 12.1. The highest BCUT2D eigenvalue weighted by Crippen LogP contribution is 2.18. The van der Waals surface area contributed by atoms with Crippen LogP contribution in [0.1, 0.15) is 37.6 Å². The van der Waals surface area contributed by atoms with Crippen LogP contribution in [0.3, 0.4) is 0 Å². The fourth-order valence-corrected chi connectivity index (χ4v) is 3.42. The van der Waals surface area contributed by atoms with Crippen molar-refractivity contribution in [2.75, 3.05) is 0 Å². The van der Waals surface area contributed by atoms with E-state index in [1.54, 1.807) is 29.9 Å². The average molecular weight is 416 g/mol. The zero-order chi connectivity index (χ0) is 22.0. The number of hydrogen-bond donors (Lipinski definition) is 2. The molecule has 4 aromatic rings. The second-order valence-electron chi connectivity index (χ2n) is 7.27. The van der Waals surface area contributed by atoms with Gasteiger partial charge in [-0.15, -0.1) is 0 Å². The van der Waals surface area contributed by atoms with Crippen molar-refractivity contribution in [3.05, 3.63) is 105 Å². The molecular formula is C24H20N2O5. The Morgan fingerprint density at radius 3 is 2.42 bits per heavy atom. The van der Waals surface area contributed by atoms with Crippen molar-refractivity contribution in [1.29, 1.82) is 0 Å². The third kappa shape index (κ3) is 4.25. The molecule has 7 nitrogen and oxygen atoms in total. The maximum atomic E-state index is 13.0. The molecule has 0 radical (unpaired) electrons. The smallest absolute Gasteiger partial charge is 0.335 e. The first-order valence-corrected chi connectivity index (χ1v) is 9.69. The number of fused-ring (bicyclic) bond motifs is 1. The highest BCUT2D eigenvalue weighted by atomic mass is 16.4. The van der Waals surface area contributed by atoms with Crippen LogP contribution in [0, 0.1) is 0 Å². The molecular weight excluding hydrogens is 396 g/mol. The molecule has 0 bridgehead atoms. The van der Waals surface area contributed by atoms with E-state index in [0.29, 0.717) is 29.6 Å². The lowest BCUT2D eigenvalue weighted by atomic mass is 10.0. The molecule has 2 aromatic heterocycles. The third-order valence-corrected chi connectivity index (χ3v) is 5.03. The summed E-state index contributed by atoms with van der Waals surface area (Å²) in [7, 11) is 1.74. The summed E-state index contributed by atoms with van der Waals surface area (Å²) in [5.74, 6) is -1.33. The number of aromatic nitrogens is 1. The van der Waals surface area contributed by atoms with Crippen molar-refractivity contribution < 1.29 is 19.1 Å². The van der Waals surface area contributed by atoms with E-state index in [1.165, 1.54) is 18.2 Å². The second kappa shape index (κ2) is 8.31. The van der Waals surface area contributed by atoms with Gasteiger partial charge in [-0.2, -0.15) is 0 Å². The summed E-state index contributed by atoms with van der Waals surface area (Å²) in [4.78, 5) is 36.5. The molecule has 2 N–H and O–H groups in total. The van der Waals surface area contributed by atoms with E-state index in [-0.39, 0.29) is 16.8 Å². The van der Waals surface area contributed by atoms with Crippen molar-refractivity contribution >= 4 is 23.0 Å². The number of furan rings is 1. The van der Waals surface area contributed by atoms with Gasteiger partial charge in [0.05, 0.1) is 10.9 Å². The van der Waals surface area contributed by atoms with E-state index < -0.39 is 11.9 Å². The number of carboxylic acid groups (broad SMARTS) is 1. The first kappa shape index (κ1) is 20.2. The fourth-order valence-electron chi connectivity index (χ4n) is 3.42. The Hall–Kier alpha value is -4.13. The molecule has 0 saturated carbocycles. The average Bonchev–Trinajstić information content (AvgIpc) is 3.23. The molecule has 31 heavy (non-hydrogen) atoms. The second-order valence-corrected chi connectivity index (χ2v) is 7.27. The van der Waals surface area contributed by atoms with Crippen LogP contribution in [0.5, 0.6) is 0 Å². The van der Waals surface area contributed by atoms with E-state index in [4.69, 9.17) is 9.52 Å². The van der Waals surface area contributed by atoms with Gasteiger partial charge in [0.15, 0.2) is 11.2 Å². The quantitative estimate of drug-likeness (QED) is 0.502. The van der Waals surface area contributed by atoms with Gasteiger partial charge in [0, 0.05) is 37.8 Å². The van der Waals surface area contributed by atoms with Gasteiger partial charge in [0.25, 0.3) is 5.91 Å². The number of nitrogens with zero attached hydrogens (tertiary/aromatic N) is 1. The Morgan fingerprint density at radius 1 is 1.03 bits per heavy atom. The van der Waals surface area contributed by atoms with Crippen LogP contribution in [-0.2, 0) is 20.0 Å². The summed E-state index contributed by atoms with van der Waals surface area (Å²) < 4.78 is 7.34. The topological polar surface area (TPSA) is 102 Å². The minimum Gasteiger partial charge on any atom is -0.478 e. The summed E-state index contributed by atoms with van der Waals surface area (Å²) in [6, 6.07) is 17.4. The van der Waals surface area contributed by atoms with Gasteiger partial charge in [-0.25, -0.2) is 4.79 Å². The van der Waals surface area contributed by atoms with Crippen molar-refractivity contribution in [2.24, 2.45) is 7.05 Å². The molecule has 156 valence electrons. The minimum absolute atomic E-state index is 0.0709. The maximum Gasteiger partial charge on any atom is 0.335 e. The minimum atomic E-state index is -1.000. The molecule has 2 aromatic carbocycles. The van der Waals surface area contributed by atoms with Crippen LogP contribution < -0.4 is 10.7 Å². The third-order valence-electron chi connectivity index (χ3n) is 5.03. The highest BCUT2D eigenvalue weighted by molar-refractivity contribution is 5.95. The summed E-state index contributed by atoms with van der Waals surface area (Å²) in [5.41, 5.74) is 2.58. The number of aromatic carboxylic acids is 1. The summed E-state index contributed by atoms with van der Waals surface area (Å²) in [6.45, 7) is 0.352. The number of hydrogen-bond acceptors (Lipinski definition) is 4. The number of amides is 1. The van der Waals surface area contributed by atoms with Crippen LogP contribution in [0.2, 0.25) is 0 Å². The lowest BCUT2D eigenvalue weighted by molar-refractivity contribution is 0.0696. The first-order valence-electron chi connectivity index (χ1n) is 9.69. The van der Waals surface area contributed by atoms with Crippen molar-refractivity contribution in [1.82, 2.24) is 9.88 Å². The van der Waals surface area contributed by atoms with Gasteiger partial charge < -0.3 is 19.4 Å². The van der Waals surface area contributed by atoms with E-state index >= 15 is 0 Å². The van der Waals surface area contributed by atoms with Crippen molar-refractivity contribution in [3.8, 4) is 0 Å². The molecule has 0 spiro atoms. The SMILES string of the molecule is Cn1cc(Cc2ccc(C(=O)O)cc2)c(=O)c2cc(C(=O)NCc3ccccc3)oc21. The number of aryl methyl sites for hydroxylation is 1. The lowest BCUT2D eigenvalue weighted by Crippen LogP contribution is -2.22. The predicted molar refractivity (Wildman–Crippen MR) is 115 cm³/mol. The maximum absolute atomic E-state index is 13.0. The molecule has 0 aliphatic heterocycles. The molecule has 1 amide bonds. The van der Waals surface area contributed by atoms with Gasteiger partial charge >= 0.3 is 5.97 Å². The van der Waals surface area contributed by atoms with Crippen LogP contribution in [-0.4, -0.2) is 21.6 Å². The molecule has 0 fully saturated rings. The zero-order valence-electron chi connectivity index (χ0n) is 16.8. The Balaban J connectivity index is 1.58.